The van der Waals surface area contributed by atoms with E-state index in [-0.39, 0.29) is 17.5 Å². The van der Waals surface area contributed by atoms with Crippen molar-refractivity contribution in [2.45, 2.75) is 11.6 Å². The summed E-state index contributed by atoms with van der Waals surface area (Å²) in [5.74, 6) is 0.603. The number of halogens is 1. The third-order valence-electron chi connectivity index (χ3n) is 3.78. The SMILES string of the molecule is COc1ccc(-c2ccc(SCC(=O)NCc3ccc(F)cc3)nn2)cc1. The minimum atomic E-state index is -0.294. The smallest absolute Gasteiger partial charge is 0.230 e. The number of ether oxygens (including phenoxy) is 1. The van der Waals surface area contributed by atoms with Crippen molar-refractivity contribution in [3.8, 4) is 17.0 Å². The lowest BCUT2D eigenvalue weighted by molar-refractivity contribution is -0.118. The summed E-state index contributed by atoms with van der Waals surface area (Å²) in [6, 6.07) is 17.3. The topological polar surface area (TPSA) is 64.1 Å². The van der Waals surface area contributed by atoms with Crippen LogP contribution in [0.4, 0.5) is 4.39 Å². The Morgan fingerprint density at radius 3 is 2.41 bits per heavy atom. The lowest BCUT2D eigenvalue weighted by Gasteiger charge is -2.06. The summed E-state index contributed by atoms with van der Waals surface area (Å²) in [7, 11) is 1.62. The molecule has 0 radical (unpaired) electrons. The monoisotopic (exact) mass is 383 g/mol. The van der Waals surface area contributed by atoms with Crippen LogP contribution in [0.3, 0.4) is 0 Å². The van der Waals surface area contributed by atoms with Gasteiger partial charge in [0.05, 0.1) is 18.6 Å². The van der Waals surface area contributed by atoms with E-state index in [1.807, 2.05) is 36.4 Å². The maximum absolute atomic E-state index is 12.9. The molecular weight excluding hydrogens is 365 g/mol. The highest BCUT2D eigenvalue weighted by Crippen LogP contribution is 2.22. The second-order valence-corrected chi connectivity index (χ2v) is 6.67. The molecule has 3 rings (SSSR count). The Morgan fingerprint density at radius 2 is 1.78 bits per heavy atom. The lowest BCUT2D eigenvalue weighted by Crippen LogP contribution is -2.24. The Bertz CT molecular complexity index is 885. The van der Waals surface area contributed by atoms with Gasteiger partial charge in [0.15, 0.2) is 0 Å². The van der Waals surface area contributed by atoms with Crippen molar-refractivity contribution in [2.24, 2.45) is 0 Å². The van der Waals surface area contributed by atoms with Gasteiger partial charge in [-0.15, -0.1) is 10.2 Å². The maximum Gasteiger partial charge on any atom is 0.230 e. The van der Waals surface area contributed by atoms with Crippen molar-refractivity contribution in [1.82, 2.24) is 15.5 Å². The molecule has 0 aliphatic heterocycles. The minimum absolute atomic E-state index is 0.120. The third-order valence-corrected chi connectivity index (χ3v) is 4.70. The van der Waals surface area contributed by atoms with Gasteiger partial charge in [0.25, 0.3) is 0 Å². The molecular formula is C20H18FN3O2S. The standard InChI is InChI=1S/C20H18FN3O2S/c1-26-17-8-4-15(5-9-17)18-10-11-20(24-23-18)27-13-19(25)22-12-14-2-6-16(21)7-3-14/h2-11H,12-13H2,1H3,(H,22,25). The Labute approximate surface area is 161 Å². The van der Waals surface area contributed by atoms with E-state index in [0.29, 0.717) is 11.6 Å². The van der Waals surface area contributed by atoms with Gasteiger partial charge < -0.3 is 10.1 Å². The number of carbonyl (C=O) groups excluding carboxylic acids is 1. The second kappa shape index (κ2) is 9.14. The molecule has 138 valence electrons. The number of amides is 1. The average molecular weight is 383 g/mol. The molecule has 0 bridgehead atoms. The van der Waals surface area contributed by atoms with Gasteiger partial charge in [-0.25, -0.2) is 4.39 Å². The zero-order valence-electron chi connectivity index (χ0n) is 14.7. The molecule has 0 atom stereocenters. The van der Waals surface area contributed by atoms with Crippen LogP contribution in [0.15, 0.2) is 65.7 Å². The zero-order chi connectivity index (χ0) is 19.1. The molecule has 1 amide bonds. The van der Waals surface area contributed by atoms with Crippen molar-refractivity contribution < 1.29 is 13.9 Å². The number of thioether (sulfide) groups is 1. The number of carbonyl (C=O) groups is 1. The third kappa shape index (κ3) is 5.52. The fourth-order valence-electron chi connectivity index (χ4n) is 2.31. The van der Waals surface area contributed by atoms with E-state index in [0.717, 1.165) is 22.6 Å². The van der Waals surface area contributed by atoms with Gasteiger partial charge in [0, 0.05) is 12.1 Å². The summed E-state index contributed by atoms with van der Waals surface area (Å²) in [6.45, 7) is 0.363. The van der Waals surface area contributed by atoms with Gasteiger partial charge in [0.1, 0.15) is 16.6 Å². The highest BCUT2D eigenvalue weighted by Gasteiger charge is 2.06. The van der Waals surface area contributed by atoms with E-state index in [2.05, 4.69) is 15.5 Å². The van der Waals surface area contributed by atoms with Gasteiger partial charge in [-0.3, -0.25) is 4.79 Å². The van der Waals surface area contributed by atoms with E-state index < -0.39 is 0 Å². The van der Waals surface area contributed by atoms with Crippen molar-refractivity contribution in [2.75, 3.05) is 12.9 Å². The summed E-state index contributed by atoms with van der Waals surface area (Å²) in [5.41, 5.74) is 2.54. The molecule has 27 heavy (non-hydrogen) atoms. The summed E-state index contributed by atoms with van der Waals surface area (Å²) in [5, 5.41) is 11.8. The number of benzene rings is 2. The molecule has 0 aliphatic rings. The molecule has 0 fully saturated rings. The van der Waals surface area contributed by atoms with Crippen LogP contribution in [-0.4, -0.2) is 29.0 Å². The molecule has 0 aliphatic carbocycles. The number of nitrogens with zero attached hydrogens (tertiary/aromatic N) is 2. The van der Waals surface area contributed by atoms with Crippen LogP contribution in [0.2, 0.25) is 0 Å². The average Bonchev–Trinajstić information content (AvgIpc) is 2.72. The number of hydrogen-bond donors (Lipinski definition) is 1. The maximum atomic E-state index is 12.9. The van der Waals surface area contributed by atoms with Crippen molar-refractivity contribution >= 4 is 17.7 Å². The molecule has 1 N–H and O–H groups in total. The van der Waals surface area contributed by atoms with Gasteiger partial charge in [-0.05, 0) is 54.1 Å². The summed E-state index contributed by atoms with van der Waals surface area (Å²) < 4.78 is 18.0. The van der Waals surface area contributed by atoms with Crippen molar-refractivity contribution in [1.29, 1.82) is 0 Å². The van der Waals surface area contributed by atoms with Gasteiger partial charge in [0.2, 0.25) is 5.91 Å². The molecule has 1 heterocycles. The van der Waals surface area contributed by atoms with Crippen LogP contribution in [0, 0.1) is 5.82 Å². The van der Waals surface area contributed by atoms with Gasteiger partial charge in [-0.2, -0.15) is 0 Å². The number of rotatable bonds is 7. The summed E-state index contributed by atoms with van der Waals surface area (Å²) >= 11 is 1.31. The fraction of sp³-hybridized carbons (Fsp3) is 0.150. The normalized spacial score (nSPS) is 10.4. The predicted molar refractivity (Wildman–Crippen MR) is 103 cm³/mol. The summed E-state index contributed by atoms with van der Waals surface area (Å²) in [4.78, 5) is 11.9. The predicted octanol–water partition coefficient (Wildman–Crippen LogP) is 3.70. The number of methoxy groups -OCH3 is 1. The first kappa shape index (κ1) is 18.8. The Kier molecular flexibility index (Phi) is 6.38. The molecule has 0 saturated carbocycles. The molecule has 7 heteroatoms. The van der Waals surface area contributed by atoms with Crippen LogP contribution >= 0.6 is 11.8 Å². The van der Waals surface area contributed by atoms with Crippen LogP contribution in [0.1, 0.15) is 5.56 Å². The molecule has 3 aromatic rings. The Morgan fingerprint density at radius 1 is 1.04 bits per heavy atom. The van der Waals surface area contributed by atoms with Crippen LogP contribution in [0.5, 0.6) is 5.75 Å². The minimum Gasteiger partial charge on any atom is -0.497 e. The first-order valence-corrected chi connectivity index (χ1v) is 9.25. The highest BCUT2D eigenvalue weighted by atomic mass is 32.2. The van der Waals surface area contributed by atoms with Crippen molar-refractivity contribution in [3.05, 3.63) is 72.0 Å². The first-order valence-electron chi connectivity index (χ1n) is 8.26. The van der Waals surface area contributed by atoms with Crippen LogP contribution in [-0.2, 0) is 11.3 Å². The fourth-order valence-corrected chi connectivity index (χ4v) is 2.95. The second-order valence-electron chi connectivity index (χ2n) is 5.68. The highest BCUT2D eigenvalue weighted by molar-refractivity contribution is 7.99. The lowest BCUT2D eigenvalue weighted by atomic mass is 10.1. The molecule has 5 nitrogen and oxygen atoms in total. The molecule has 0 saturated heterocycles. The van der Waals surface area contributed by atoms with Crippen LogP contribution in [0.25, 0.3) is 11.3 Å². The number of hydrogen-bond acceptors (Lipinski definition) is 5. The van der Waals surface area contributed by atoms with E-state index >= 15 is 0 Å². The summed E-state index contributed by atoms with van der Waals surface area (Å²) in [6.07, 6.45) is 0. The van der Waals surface area contributed by atoms with Gasteiger partial charge >= 0.3 is 0 Å². The molecule has 0 unspecified atom stereocenters. The number of nitrogens with one attached hydrogen (secondary N) is 1. The quantitative estimate of drug-likeness (QED) is 0.630. The Balaban J connectivity index is 1.49. The Hall–Kier alpha value is -2.93. The molecule has 1 aromatic heterocycles. The van der Waals surface area contributed by atoms with E-state index in [9.17, 15) is 9.18 Å². The van der Waals surface area contributed by atoms with Crippen molar-refractivity contribution in [3.63, 3.8) is 0 Å². The van der Waals surface area contributed by atoms with Crippen LogP contribution < -0.4 is 10.1 Å². The van der Waals surface area contributed by atoms with E-state index in [4.69, 9.17) is 4.74 Å². The number of aromatic nitrogens is 2. The van der Waals surface area contributed by atoms with E-state index in [1.54, 1.807) is 19.2 Å². The first-order chi connectivity index (χ1) is 13.1. The largest absolute Gasteiger partial charge is 0.497 e. The molecule has 0 spiro atoms. The van der Waals surface area contributed by atoms with E-state index in [1.165, 1.54) is 23.9 Å². The van der Waals surface area contributed by atoms with Gasteiger partial charge in [-0.1, -0.05) is 23.9 Å². The molecule has 2 aromatic carbocycles. The zero-order valence-corrected chi connectivity index (χ0v) is 15.5.